The molecule has 22 heteroatoms. The number of fused-ring (bicyclic) bond motifs is 1. The van der Waals surface area contributed by atoms with Crippen molar-refractivity contribution in [1.29, 1.82) is 0 Å². The third kappa shape index (κ3) is 7.47. The molecule has 4 aromatic carbocycles. The van der Waals surface area contributed by atoms with E-state index in [9.17, 15) is 47.2 Å². The van der Waals surface area contributed by atoms with E-state index < -0.39 is 67.5 Å². The van der Waals surface area contributed by atoms with Crippen LogP contribution in [0.3, 0.4) is 0 Å². The van der Waals surface area contributed by atoms with E-state index in [1.165, 1.54) is 48.5 Å². The first-order valence-electron chi connectivity index (χ1n) is 13.1. The number of nitrogens with zero attached hydrogens (tertiary/aromatic N) is 5. The highest BCUT2D eigenvalue weighted by Gasteiger charge is 2.24. The number of hydrogen-bond donors (Lipinski definition) is 7. The zero-order chi connectivity index (χ0) is 35.5. The summed E-state index contributed by atoms with van der Waals surface area (Å²) in [4.78, 5) is 34.2. The molecular formula is C27H19N8O12S2-. The maximum Gasteiger partial charge on any atom is 0.337 e. The summed E-state index contributed by atoms with van der Waals surface area (Å²) >= 11 is -3.26. The van der Waals surface area contributed by atoms with E-state index in [0.29, 0.717) is 0 Å². The average Bonchev–Trinajstić information content (AvgIpc) is 3.04. The van der Waals surface area contributed by atoms with Crippen molar-refractivity contribution in [2.75, 3.05) is 10.6 Å². The van der Waals surface area contributed by atoms with Crippen LogP contribution in [0.4, 0.5) is 34.6 Å². The molecule has 5 rings (SSSR count). The van der Waals surface area contributed by atoms with Crippen molar-refractivity contribution in [3.05, 3.63) is 77.9 Å². The summed E-state index contributed by atoms with van der Waals surface area (Å²) in [5, 5.41) is 53.1. The van der Waals surface area contributed by atoms with Crippen molar-refractivity contribution in [2.24, 2.45) is 16.1 Å². The monoisotopic (exact) mass is 711 g/mol. The minimum atomic E-state index is -4.67. The fourth-order valence-corrected chi connectivity index (χ4v) is 5.25. The number of carboxylic acids is 2. The minimum Gasteiger partial charge on any atom is -0.740 e. The molecule has 5 aromatic rings. The van der Waals surface area contributed by atoms with Crippen LogP contribution in [0.15, 0.2) is 81.9 Å². The number of aromatic nitrogens is 3. The van der Waals surface area contributed by atoms with E-state index in [1.807, 2.05) is 0 Å². The number of anilines is 4. The molecule has 0 fully saturated rings. The Kier molecular flexibility index (Phi) is 9.58. The fourth-order valence-electron chi connectivity index (χ4n) is 4.33. The molecule has 0 saturated heterocycles. The van der Waals surface area contributed by atoms with Crippen molar-refractivity contribution in [3.63, 3.8) is 0 Å². The van der Waals surface area contributed by atoms with Gasteiger partial charge in [-0.1, -0.05) is 24.3 Å². The van der Waals surface area contributed by atoms with Gasteiger partial charge in [-0.05, 0) is 47.9 Å². The number of rotatable bonds is 12. The molecular weight excluding hydrogens is 692 g/mol. The largest absolute Gasteiger partial charge is 0.740 e. The SMILES string of the molecule is NOS(=O)(=O)c1cc(Nc2nc(O)nc(Nc3ccccc3C(=O)O)n2)c2c(O)c(N=Nc3ccccc3C(=O)O)c(OS(=O)[O-])cc2c1. The van der Waals surface area contributed by atoms with Crippen LogP contribution in [-0.2, 0) is 25.8 Å². The first-order chi connectivity index (χ1) is 23.3. The Hall–Kier alpha value is -6.33. The number of phenolic OH excluding ortho intramolecular Hbond substituents is 1. The molecule has 1 aromatic heterocycles. The predicted molar refractivity (Wildman–Crippen MR) is 167 cm³/mol. The average molecular weight is 712 g/mol. The maximum atomic E-state index is 12.6. The molecule has 49 heavy (non-hydrogen) atoms. The minimum absolute atomic E-state index is 0.0330. The summed E-state index contributed by atoms with van der Waals surface area (Å²) in [5.74, 6) is -0.0601. The number of benzene rings is 4. The molecule has 0 aliphatic rings. The van der Waals surface area contributed by atoms with Crippen molar-refractivity contribution in [3.8, 4) is 17.5 Å². The van der Waals surface area contributed by atoms with Crippen LogP contribution >= 0.6 is 0 Å². The second kappa shape index (κ2) is 13.8. The second-order valence-corrected chi connectivity index (χ2v) is 11.5. The Morgan fingerprint density at radius 3 is 2.10 bits per heavy atom. The quantitative estimate of drug-likeness (QED) is 0.0553. The van der Waals surface area contributed by atoms with Gasteiger partial charge in [0.05, 0.1) is 27.4 Å². The lowest BCUT2D eigenvalue weighted by molar-refractivity contribution is 0.0687. The summed E-state index contributed by atoms with van der Waals surface area (Å²) in [6.45, 7) is 0. The molecule has 0 aliphatic carbocycles. The third-order valence-electron chi connectivity index (χ3n) is 6.36. The zero-order valence-electron chi connectivity index (χ0n) is 24.0. The smallest absolute Gasteiger partial charge is 0.337 e. The lowest BCUT2D eigenvalue weighted by atomic mass is 10.1. The summed E-state index contributed by atoms with van der Waals surface area (Å²) in [6.07, 6.45) is 0. The standard InChI is InChI=1S/C27H20N8O12S2/c28-47-49(44,45)13-9-12-10-19(46-48(42)43)21(35-34-17-8-4-2-6-15(17)24(39)40)22(36)20(12)18(11-13)30-26-31-25(32-27(41)33-26)29-16-7-3-1-5-14(16)23(37)38/h1-11,36H,28H2,(H,37,38)(H,39,40)(H,42,43)(H3,29,30,31,32,33,41)/p-1. The molecule has 0 amide bonds. The van der Waals surface area contributed by atoms with E-state index in [1.54, 1.807) is 0 Å². The van der Waals surface area contributed by atoms with Gasteiger partial charge < -0.3 is 39.8 Å². The van der Waals surface area contributed by atoms with E-state index >= 15 is 0 Å². The normalized spacial score (nSPS) is 12.1. The Labute approximate surface area is 276 Å². The van der Waals surface area contributed by atoms with Crippen molar-refractivity contribution in [2.45, 2.75) is 4.90 Å². The Balaban J connectivity index is 1.70. The number of aromatic hydroxyl groups is 2. The Morgan fingerprint density at radius 1 is 0.857 bits per heavy atom. The molecule has 8 N–H and O–H groups in total. The molecule has 252 valence electrons. The van der Waals surface area contributed by atoms with Gasteiger partial charge in [-0.3, -0.25) is 0 Å². The van der Waals surface area contributed by atoms with Gasteiger partial charge in [0.2, 0.25) is 11.9 Å². The van der Waals surface area contributed by atoms with Crippen LogP contribution in [0.2, 0.25) is 0 Å². The summed E-state index contributed by atoms with van der Waals surface area (Å²) in [5.41, 5.74) is -1.58. The number of para-hydroxylation sites is 1. The first-order valence-corrected chi connectivity index (χ1v) is 15.5. The van der Waals surface area contributed by atoms with E-state index in [4.69, 9.17) is 10.1 Å². The van der Waals surface area contributed by atoms with Crippen LogP contribution in [0.5, 0.6) is 17.5 Å². The molecule has 1 heterocycles. The number of hydrogen-bond acceptors (Lipinski definition) is 18. The highest BCUT2D eigenvalue weighted by molar-refractivity contribution is 7.86. The Bertz CT molecular complexity index is 2300. The highest BCUT2D eigenvalue weighted by Crippen LogP contribution is 2.48. The van der Waals surface area contributed by atoms with Gasteiger partial charge in [0.25, 0.3) is 0 Å². The topological polar surface area (TPSA) is 321 Å². The first kappa shape index (κ1) is 34.0. The molecule has 0 aliphatic heterocycles. The zero-order valence-corrected chi connectivity index (χ0v) is 25.7. The van der Waals surface area contributed by atoms with Crippen LogP contribution in [0.1, 0.15) is 20.7 Å². The highest BCUT2D eigenvalue weighted by atomic mass is 32.2. The fraction of sp³-hybridized carbons (Fsp3) is 0. The van der Waals surface area contributed by atoms with E-state index in [-0.39, 0.29) is 44.9 Å². The van der Waals surface area contributed by atoms with Crippen LogP contribution in [-0.4, -0.2) is 64.5 Å². The van der Waals surface area contributed by atoms with Crippen LogP contribution in [0, 0.1) is 0 Å². The van der Waals surface area contributed by atoms with Crippen molar-refractivity contribution < 1.29 is 55.7 Å². The van der Waals surface area contributed by atoms with Gasteiger partial charge in [-0.25, -0.2) is 13.8 Å². The summed E-state index contributed by atoms with van der Waals surface area (Å²) in [7, 11) is -4.67. The molecule has 0 spiro atoms. The van der Waals surface area contributed by atoms with Crippen LogP contribution < -0.4 is 20.7 Å². The van der Waals surface area contributed by atoms with Crippen LogP contribution in [0.25, 0.3) is 10.8 Å². The number of nitrogens with one attached hydrogen (secondary N) is 2. The van der Waals surface area contributed by atoms with E-state index in [0.717, 1.165) is 18.2 Å². The third-order valence-corrected chi connectivity index (χ3v) is 7.74. The maximum absolute atomic E-state index is 12.6. The van der Waals surface area contributed by atoms with Crippen molar-refractivity contribution >= 4 is 78.8 Å². The second-order valence-electron chi connectivity index (χ2n) is 9.38. The molecule has 0 saturated carbocycles. The summed E-state index contributed by atoms with van der Waals surface area (Å²) in [6, 6.07) is 13.0. The van der Waals surface area contributed by atoms with Gasteiger partial charge in [0.1, 0.15) is 17.0 Å². The molecule has 1 atom stereocenters. The number of carbonyl (C=O) groups is 2. The Morgan fingerprint density at radius 2 is 1.47 bits per heavy atom. The molecule has 0 radical (unpaired) electrons. The molecule has 1 unspecified atom stereocenters. The lowest BCUT2D eigenvalue weighted by Gasteiger charge is -2.17. The van der Waals surface area contributed by atoms with Crippen molar-refractivity contribution in [1.82, 2.24) is 15.0 Å². The predicted octanol–water partition coefficient (Wildman–Crippen LogP) is 3.49. The number of azo groups is 1. The van der Waals surface area contributed by atoms with E-state index in [2.05, 4.69) is 40.1 Å². The molecule has 0 bridgehead atoms. The van der Waals surface area contributed by atoms with Gasteiger partial charge in [0.15, 0.2) is 17.2 Å². The lowest BCUT2D eigenvalue weighted by Crippen LogP contribution is -2.12. The number of phenols is 1. The van der Waals surface area contributed by atoms with Gasteiger partial charge in [-0.2, -0.15) is 33.6 Å². The van der Waals surface area contributed by atoms with Gasteiger partial charge in [-0.15, -0.1) is 10.2 Å². The molecule has 20 nitrogen and oxygen atoms in total. The van der Waals surface area contributed by atoms with Gasteiger partial charge in [0, 0.05) is 5.39 Å². The number of nitrogens with two attached hydrogens (primary N) is 1. The number of carboxylic acid groups (broad SMARTS) is 2. The summed E-state index contributed by atoms with van der Waals surface area (Å²) < 4.78 is 57.2. The van der Waals surface area contributed by atoms with Gasteiger partial charge >= 0.3 is 28.1 Å². The number of aromatic carboxylic acids is 2.